The average molecular weight is 199 g/mol. The molecule has 0 radical (unpaired) electrons. The van der Waals surface area contributed by atoms with Gasteiger partial charge in [-0.3, -0.25) is 4.79 Å². The van der Waals surface area contributed by atoms with Gasteiger partial charge in [-0.1, -0.05) is 6.92 Å². The summed E-state index contributed by atoms with van der Waals surface area (Å²) in [5, 5.41) is 3.28. The summed E-state index contributed by atoms with van der Waals surface area (Å²) in [6, 6.07) is 0. The van der Waals surface area contributed by atoms with Crippen molar-refractivity contribution in [3.8, 4) is 0 Å². The van der Waals surface area contributed by atoms with E-state index in [9.17, 15) is 4.79 Å². The Labute approximate surface area is 86.2 Å². The predicted molar refractivity (Wildman–Crippen MR) is 56.0 cm³/mol. The molecule has 3 heteroatoms. The molecule has 1 aliphatic rings. The van der Waals surface area contributed by atoms with Crippen molar-refractivity contribution in [2.45, 2.75) is 39.7 Å². The number of ether oxygens (including phenoxy) is 1. The van der Waals surface area contributed by atoms with Crippen LogP contribution in [0.1, 0.15) is 34.1 Å². The summed E-state index contributed by atoms with van der Waals surface area (Å²) >= 11 is 0. The Kier molecular flexibility index (Phi) is 3.53. The van der Waals surface area contributed by atoms with Crippen LogP contribution < -0.4 is 5.32 Å². The fourth-order valence-corrected chi connectivity index (χ4v) is 1.73. The Morgan fingerprint density at radius 3 is 2.50 bits per heavy atom. The molecule has 0 unspecified atom stereocenters. The largest absolute Gasteiger partial charge is 0.460 e. The number of hydrogen-bond acceptors (Lipinski definition) is 3. The molecule has 1 heterocycles. The zero-order valence-corrected chi connectivity index (χ0v) is 9.59. The molecule has 1 aliphatic heterocycles. The van der Waals surface area contributed by atoms with Crippen molar-refractivity contribution in [1.29, 1.82) is 0 Å². The summed E-state index contributed by atoms with van der Waals surface area (Å²) in [4.78, 5) is 11.5. The Morgan fingerprint density at radius 1 is 1.43 bits per heavy atom. The molecule has 0 spiro atoms. The molecule has 0 bridgehead atoms. The first-order chi connectivity index (χ1) is 6.38. The second-order valence-corrected chi connectivity index (χ2v) is 5.19. The molecule has 0 amide bonds. The maximum absolute atomic E-state index is 11.5. The summed E-state index contributed by atoms with van der Waals surface area (Å²) in [5.41, 5.74) is -0.355. The Bertz CT molecular complexity index is 208. The first-order valence-electron chi connectivity index (χ1n) is 5.31. The van der Waals surface area contributed by atoms with E-state index < -0.39 is 0 Å². The van der Waals surface area contributed by atoms with Crippen LogP contribution in [-0.4, -0.2) is 24.7 Å². The van der Waals surface area contributed by atoms with E-state index in [0.717, 1.165) is 13.1 Å². The predicted octanol–water partition coefficient (Wildman–Crippen LogP) is 1.57. The molecule has 2 atom stereocenters. The molecular formula is C11H21NO2. The molecule has 0 aromatic heterocycles. The van der Waals surface area contributed by atoms with E-state index in [2.05, 4.69) is 12.2 Å². The van der Waals surface area contributed by atoms with Gasteiger partial charge in [0, 0.05) is 6.42 Å². The van der Waals surface area contributed by atoms with Crippen LogP contribution in [0.3, 0.4) is 0 Å². The van der Waals surface area contributed by atoms with Gasteiger partial charge in [-0.05, 0) is 45.7 Å². The summed E-state index contributed by atoms with van der Waals surface area (Å²) in [6.45, 7) is 9.85. The van der Waals surface area contributed by atoms with Crippen molar-refractivity contribution in [2.75, 3.05) is 13.1 Å². The Hall–Kier alpha value is -0.570. The zero-order valence-electron chi connectivity index (χ0n) is 9.59. The Balaban J connectivity index is 2.33. The van der Waals surface area contributed by atoms with Gasteiger partial charge in [0.15, 0.2) is 0 Å². The lowest BCUT2D eigenvalue weighted by Gasteiger charge is -2.21. The second-order valence-electron chi connectivity index (χ2n) is 5.19. The minimum Gasteiger partial charge on any atom is -0.460 e. The maximum atomic E-state index is 11.5. The molecule has 0 aromatic carbocycles. The van der Waals surface area contributed by atoms with Gasteiger partial charge in [0.05, 0.1) is 0 Å². The number of nitrogens with one attached hydrogen (secondary N) is 1. The molecule has 0 aromatic rings. The van der Waals surface area contributed by atoms with Crippen LogP contribution in [0.5, 0.6) is 0 Å². The lowest BCUT2D eigenvalue weighted by Crippen LogP contribution is -2.26. The summed E-state index contributed by atoms with van der Waals surface area (Å²) < 4.78 is 5.28. The van der Waals surface area contributed by atoms with Gasteiger partial charge in [-0.2, -0.15) is 0 Å². The third-order valence-electron chi connectivity index (χ3n) is 2.53. The lowest BCUT2D eigenvalue weighted by atomic mass is 9.95. The van der Waals surface area contributed by atoms with Crippen LogP contribution in [0.4, 0.5) is 0 Å². The van der Waals surface area contributed by atoms with Crippen LogP contribution in [0.15, 0.2) is 0 Å². The summed E-state index contributed by atoms with van der Waals surface area (Å²) in [5.74, 6) is 0.963. The van der Waals surface area contributed by atoms with E-state index in [-0.39, 0.29) is 11.6 Å². The van der Waals surface area contributed by atoms with Crippen LogP contribution >= 0.6 is 0 Å². The van der Waals surface area contributed by atoms with Crippen molar-refractivity contribution >= 4 is 5.97 Å². The Morgan fingerprint density at radius 2 is 2.07 bits per heavy atom. The molecule has 0 aliphatic carbocycles. The fraction of sp³-hybridized carbons (Fsp3) is 0.909. The van der Waals surface area contributed by atoms with E-state index in [1.807, 2.05) is 20.8 Å². The molecule has 1 N–H and O–H groups in total. The molecule has 1 rings (SSSR count). The summed E-state index contributed by atoms with van der Waals surface area (Å²) in [7, 11) is 0. The van der Waals surface area contributed by atoms with Crippen molar-refractivity contribution < 1.29 is 9.53 Å². The number of carbonyl (C=O) groups excluding carboxylic acids is 1. The van der Waals surface area contributed by atoms with Crippen LogP contribution in [0.2, 0.25) is 0 Å². The third-order valence-corrected chi connectivity index (χ3v) is 2.53. The highest BCUT2D eigenvalue weighted by molar-refractivity contribution is 5.70. The molecule has 82 valence electrons. The normalized spacial score (nSPS) is 27.7. The zero-order chi connectivity index (χ0) is 10.8. The second kappa shape index (κ2) is 4.30. The third kappa shape index (κ3) is 3.66. The lowest BCUT2D eigenvalue weighted by molar-refractivity contribution is -0.156. The molecule has 3 nitrogen and oxygen atoms in total. The first-order valence-corrected chi connectivity index (χ1v) is 5.31. The highest BCUT2D eigenvalue weighted by atomic mass is 16.6. The van der Waals surface area contributed by atoms with Gasteiger partial charge < -0.3 is 10.1 Å². The highest BCUT2D eigenvalue weighted by Crippen LogP contribution is 2.21. The van der Waals surface area contributed by atoms with E-state index in [0.29, 0.717) is 18.3 Å². The van der Waals surface area contributed by atoms with Crippen LogP contribution in [-0.2, 0) is 9.53 Å². The van der Waals surface area contributed by atoms with E-state index >= 15 is 0 Å². The van der Waals surface area contributed by atoms with Crippen LogP contribution in [0, 0.1) is 11.8 Å². The quantitative estimate of drug-likeness (QED) is 0.686. The number of esters is 1. The van der Waals surface area contributed by atoms with Crippen molar-refractivity contribution in [3.63, 3.8) is 0 Å². The SMILES string of the molecule is C[C@@H]1CNC[C@H]1CC(=O)OC(C)(C)C. The number of rotatable bonds is 2. The molecule has 14 heavy (non-hydrogen) atoms. The standard InChI is InChI=1S/C11H21NO2/c1-8-6-12-7-9(8)5-10(13)14-11(2,3)4/h8-9,12H,5-7H2,1-4H3/t8-,9-/m1/s1. The van der Waals surface area contributed by atoms with Gasteiger partial charge in [0.25, 0.3) is 0 Å². The topological polar surface area (TPSA) is 38.3 Å². The smallest absolute Gasteiger partial charge is 0.306 e. The highest BCUT2D eigenvalue weighted by Gasteiger charge is 2.27. The van der Waals surface area contributed by atoms with Crippen LogP contribution in [0.25, 0.3) is 0 Å². The van der Waals surface area contributed by atoms with E-state index in [1.165, 1.54) is 0 Å². The van der Waals surface area contributed by atoms with E-state index in [4.69, 9.17) is 4.74 Å². The molecular weight excluding hydrogens is 178 g/mol. The van der Waals surface area contributed by atoms with Crippen molar-refractivity contribution in [2.24, 2.45) is 11.8 Å². The minimum atomic E-state index is -0.355. The molecule has 1 fully saturated rings. The monoisotopic (exact) mass is 199 g/mol. The van der Waals surface area contributed by atoms with Crippen molar-refractivity contribution in [3.05, 3.63) is 0 Å². The molecule has 0 saturated carbocycles. The van der Waals surface area contributed by atoms with Gasteiger partial charge in [0.2, 0.25) is 0 Å². The van der Waals surface area contributed by atoms with E-state index in [1.54, 1.807) is 0 Å². The summed E-state index contributed by atoms with van der Waals surface area (Å²) in [6.07, 6.45) is 0.547. The number of hydrogen-bond donors (Lipinski definition) is 1. The number of carbonyl (C=O) groups is 1. The van der Waals surface area contributed by atoms with Gasteiger partial charge in [-0.25, -0.2) is 0 Å². The van der Waals surface area contributed by atoms with Gasteiger partial charge in [-0.15, -0.1) is 0 Å². The fourth-order valence-electron chi connectivity index (χ4n) is 1.73. The minimum absolute atomic E-state index is 0.0712. The van der Waals surface area contributed by atoms with Gasteiger partial charge >= 0.3 is 5.97 Å². The van der Waals surface area contributed by atoms with Gasteiger partial charge in [0.1, 0.15) is 5.60 Å². The maximum Gasteiger partial charge on any atom is 0.306 e. The van der Waals surface area contributed by atoms with Crippen molar-refractivity contribution in [1.82, 2.24) is 5.32 Å². The average Bonchev–Trinajstić information content (AvgIpc) is 2.32. The molecule has 1 saturated heterocycles. The first kappa shape index (κ1) is 11.5.